The Morgan fingerprint density at radius 2 is 1.80 bits per heavy atom. The van der Waals surface area contributed by atoms with E-state index in [9.17, 15) is 9.50 Å². The lowest BCUT2D eigenvalue weighted by atomic mass is 9.74. The third-order valence-corrected chi connectivity index (χ3v) is 5.02. The maximum Gasteiger partial charge on any atom is 0.141 e. The highest BCUT2D eigenvalue weighted by molar-refractivity contribution is 6.30. The number of aliphatic hydroxyl groups is 1. The Hall–Kier alpha value is -0.600. The van der Waals surface area contributed by atoms with Crippen molar-refractivity contribution >= 4 is 11.6 Å². The smallest absolute Gasteiger partial charge is 0.141 e. The van der Waals surface area contributed by atoms with Gasteiger partial charge >= 0.3 is 0 Å². The summed E-state index contributed by atoms with van der Waals surface area (Å²) < 4.78 is 13.1. The summed E-state index contributed by atoms with van der Waals surface area (Å²) in [6.45, 7) is 4.56. The van der Waals surface area contributed by atoms with Crippen LogP contribution in [0.5, 0.6) is 0 Å². The Bertz CT molecular complexity index is 439. The van der Waals surface area contributed by atoms with E-state index in [1.807, 2.05) is 0 Å². The van der Waals surface area contributed by atoms with E-state index < -0.39 is 5.82 Å². The average molecular weight is 299 g/mol. The van der Waals surface area contributed by atoms with Gasteiger partial charge in [-0.25, -0.2) is 4.39 Å². The van der Waals surface area contributed by atoms with Gasteiger partial charge in [-0.3, -0.25) is 0 Å². The van der Waals surface area contributed by atoms with Crippen LogP contribution in [0.2, 0.25) is 5.02 Å². The number of hydrogen-bond donors (Lipinski definition) is 1. The van der Waals surface area contributed by atoms with Crippen molar-refractivity contribution in [3.8, 4) is 0 Å². The monoisotopic (exact) mass is 298 g/mol. The first-order valence-electron chi connectivity index (χ1n) is 7.59. The highest BCUT2D eigenvalue weighted by Crippen LogP contribution is 2.35. The molecule has 1 atom stereocenters. The molecular weight excluding hydrogens is 275 g/mol. The first-order chi connectivity index (χ1) is 9.47. The highest BCUT2D eigenvalue weighted by Gasteiger charge is 2.27. The molecule has 0 heterocycles. The summed E-state index contributed by atoms with van der Waals surface area (Å²) in [4.78, 5) is 0. The molecule has 112 valence electrons. The Labute approximate surface area is 126 Å². The quantitative estimate of drug-likeness (QED) is 0.843. The maximum atomic E-state index is 13.1. The fourth-order valence-corrected chi connectivity index (χ4v) is 3.47. The van der Waals surface area contributed by atoms with Crippen molar-refractivity contribution in [2.24, 2.45) is 17.8 Å². The zero-order valence-corrected chi connectivity index (χ0v) is 13.0. The van der Waals surface area contributed by atoms with Gasteiger partial charge in [-0.1, -0.05) is 31.5 Å². The third-order valence-electron chi connectivity index (χ3n) is 4.73. The van der Waals surface area contributed by atoms with Gasteiger partial charge in [0.2, 0.25) is 0 Å². The van der Waals surface area contributed by atoms with E-state index in [1.165, 1.54) is 18.9 Å². The topological polar surface area (TPSA) is 20.2 Å². The van der Waals surface area contributed by atoms with Gasteiger partial charge in [0.1, 0.15) is 5.82 Å². The van der Waals surface area contributed by atoms with Gasteiger partial charge < -0.3 is 5.11 Å². The molecule has 1 aromatic carbocycles. The molecule has 20 heavy (non-hydrogen) atoms. The fraction of sp³-hybridized carbons (Fsp3) is 0.647. The molecule has 0 radical (unpaired) electrons. The van der Waals surface area contributed by atoms with Crippen LogP contribution in [0.4, 0.5) is 4.39 Å². The summed E-state index contributed by atoms with van der Waals surface area (Å²) in [6, 6.07) is 4.71. The molecule has 0 aliphatic heterocycles. The van der Waals surface area contributed by atoms with Crippen LogP contribution in [0.1, 0.15) is 45.1 Å². The minimum absolute atomic E-state index is 0.137. The van der Waals surface area contributed by atoms with Crippen LogP contribution in [-0.4, -0.2) is 11.2 Å². The standard InChI is InChI=1S/C17H24ClFO/c1-11(2)13-4-6-14(7-5-13)17(20)10-12-3-8-16(19)15(18)9-12/h3,8-9,11,13-14,17,20H,4-7,10H2,1-2H3. The Morgan fingerprint density at radius 3 is 2.35 bits per heavy atom. The van der Waals surface area contributed by atoms with Crippen molar-refractivity contribution < 1.29 is 9.50 Å². The van der Waals surface area contributed by atoms with Gasteiger partial charge in [0, 0.05) is 0 Å². The van der Waals surface area contributed by atoms with Gasteiger partial charge in [-0.05, 0) is 67.6 Å². The Morgan fingerprint density at radius 1 is 1.20 bits per heavy atom. The summed E-state index contributed by atoms with van der Waals surface area (Å²) in [5.41, 5.74) is 0.912. The predicted octanol–water partition coefficient (Wildman–Crippen LogP) is 4.84. The number of aliphatic hydroxyl groups excluding tert-OH is 1. The SMILES string of the molecule is CC(C)C1CCC(C(O)Cc2ccc(F)c(Cl)c2)CC1. The lowest BCUT2D eigenvalue weighted by molar-refractivity contribution is 0.0675. The third kappa shape index (κ3) is 3.95. The van der Waals surface area contributed by atoms with E-state index in [4.69, 9.17) is 11.6 Å². The first-order valence-corrected chi connectivity index (χ1v) is 7.97. The molecule has 1 fully saturated rings. The molecule has 0 amide bonds. The molecule has 0 aromatic heterocycles. The van der Waals surface area contributed by atoms with Crippen LogP contribution in [0, 0.1) is 23.6 Å². The molecule has 0 saturated heterocycles. The predicted molar refractivity (Wildman–Crippen MR) is 81.4 cm³/mol. The van der Waals surface area contributed by atoms with E-state index in [-0.39, 0.29) is 11.1 Å². The van der Waals surface area contributed by atoms with Gasteiger partial charge in [-0.2, -0.15) is 0 Å². The van der Waals surface area contributed by atoms with E-state index >= 15 is 0 Å². The second kappa shape index (κ2) is 6.91. The molecule has 0 spiro atoms. The second-order valence-electron chi connectivity index (χ2n) is 6.44. The van der Waals surface area contributed by atoms with Crippen molar-refractivity contribution in [1.82, 2.24) is 0 Å². The van der Waals surface area contributed by atoms with Gasteiger partial charge in [0.15, 0.2) is 0 Å². The molecule has 1 nitrogen and oxygen atoms in total. The largest absolute Gasteiger partial charge is 0.392 e. The van der Waals surface area contributed by atoms with Gasteiger partial charge in [-0.15, -0.1) is 0 Å². The second-order valence-corrected chi connectivity index (χ2v) is 6.85. The lowest BCUT2D eigenvalue weighted by Gasteiger charge is -2.33. The number of halogens is 2. The fourth-order valence-electron chi connectivity index (χ4n) is 3.27. The van der Waals surface area contributed by atoms with Crippen molar-refractivity contribution in [2.75, 3.05) is 0 Å². The minimum Gasteiger partial charge on any atom is -0.392 e. The van der Waals surface area contributed by atoms with Crippen LogP contribution in [0.25, 0.3) is 0 Å². The lowest BCUT2D eigenvalue weighted by Crippen LogP contribution is -2.28. The Kier molecular flexibility index (Phi) is 5.45. The van der Waals surface area contributed by atoms with E-state index in [0.29, 0.717) is 12.3 Å². The van der Waals surface area contributed by atoms with Crippen molar-refractivity contribution in [2.45, 2.75) is 52.1 Å². The van der Waals surface area contributed by atoms with Crippen LogP contribution in [0.3, 0.4) is 0 Å². The molecule has 1 saturated carbocycles. The summed E-state index contributed by atoms with van der Waals surface area (Å²) in [5, 5.41) is 10.5. The van der Waals surface area contributed by atoms with E-state index in [2.05, 4.69) is 13.8 Å². The zero-order valence-electron chi connectivity index (χ0n) is 12.3. The summed E-state index contributed by atoms with van der Waals surface area (Å²) >= 11 is 5.78. The summed E-state index contributed by atoms with van der Waals surface area (Å²) in [7, 11) is 0. The molecular formula is C17H24ClFO. The van der Waals surface area contributed by atoms with Crippen LogP contribution in [0.15, 0.2) is 18.2 Å². The molecule has 1 N–H and O–H groups in total. The van der Waals surface area contributed by atoms with Crippen molar-refractivity contribution in [1.29, 1.82) is 0 Å². The first kappa shape index (κ1) is 15.8. The highest BCUT2D eigenvalue weighted by atomic mass is 35.5. The zero-order chi connectivity index (χ0) is 14.7. The molecule has 0 bridgehead atoms. The van der Waals surface area contributed by atoms with Crippen LogP contribution in [-0.2, 0) is 6.42 Å². The Balaban J connectivity index is 1.89. The van der Waals surface area contributed by atoms with Crippen LogP contribution < -0.4 is 0 Å². The van der Waals surface area contributed by atoms with Gasteiger partial charge in [0.05, 0.1) is 11.1 Å². The van der Waals surface area contributed by atoms with Gasteiger partial charge in [0.25, 0.3) is 0 Å². The molecule has 3 heteroatoms. The normalized spacial score (nSPS) is 24.9. The average Bonchev–Trinajstić information content (AvgIpc) is 2.43. The summed E-state index contributed by atoms with van der Waals surface area (Å²) in [5.74, 6) is 1.51. The number of benzene rings is 1. The number of rotatable bonds is 4. The molecule has 1 aromatic rings. The van der Waals surface area contributed by atoms with E-state index in [1.54, 1.807) is 12.1 Å². The maximum absolute atomic E-state index is 13.1. The van der Waals surface area contributed by atoms with E-state index in [0.717, 1.165) is 30.2 Å². The molecule has 1 unspecified atom stereocenters. The number of hydrogen-bond acceptors (Lipinski definition) is 1. The molecule has 1 aliphatic rings. The van der Waals surface area contributed by atoms with Crippen molar-refractivity contribution in [3.05, 3.63) is 34.6 Å². The van der Waals surface area contributed by atoms with Crippen molar-refractivity contribution in [3.63, 3.8) is 0 Å². The van der Waals surface area contributed by atoms with Crippen LogP contribution >= 0.6 is 11.6 Å². The summed E-state index contributed by atoms with van der Waals surface area (Å²) in [6.07, 6.45) is 4.84. The molecule has 2 rings (SSSR count). The minimum atomic E-state index is -0.401. The molecule has 1 aliphatic carbocycles.